The normalized spacial score (nSPS) is 30.9. The zero-order chi connectivity index (χ0) is 10.1. The fourth-order valence-corrected chi connectivity index (χ4v) is 1.92. The molecule has 3 heteroatoms. The van der Waals surface area contributed by atoms with E-state index in [0.717, 1.165) is 12.8 Å². The zero-order valence-corrected chi connectivity index (χ0v) is 9.23. The monoisotopic (exact) mass is 204 g/mol. The molecule has 0 aromatic carbocycles. The van der Waals surface area contributed by atoms with Gasteiger partial charge in [-0.2, -0.15) is 0 Å². The molecule has 1 aliphatic heterocycles. The summed E-state index contributed by atoms with van der Waals surface area (Å²) in [4.78, 5) is 11.1. The summed E-state index contributed by atoms with van der Waals surface area (Å²) in [6.07, 6.45) is 1.67. The van der Waals surface area contributed by atoms with E-state index in [1.807, 2.05) is 0 Å². The van der Waals surface area contributed by atoms with Gasteiger partial charge in [-0.05, 0) is 24.2 Å². The predicted octanol–water partition coefficient (Wildman–Crippen LogP) is 2.59. The maximum absolute atomic E-state index is 11.1. The van der Waals surface area contributed by atoms with Crippen molar-refractivity contribution < 1.29 is 9.53 Å². The Hall–Kier alpha value is -0.240. The molecule has 1 aliphatic rings. The Morgan fingerprint density at radius 1 is 1.46 bits per heavy atom. The third-order valence-electron chi connectivity index (χ3n) is 2.68. The summed E-state index contributed by atoms with van der Waals surface area (Å²) in [5.41, 5.74) is 0.209. The molecule has 0 saturated carbocycles. The van der Waals surface area contributed by atoms with Crippen LogP contribution < -0.4 is 0 Å². The Kier molecular flexibility index (Phi) is 3.23. The molecule has 1 saturated heterocycles. The number of rotatable bonds is 0. The molecule has 0 bridgehead atoms. The third-order valence-corrected chi connectivity index (χ3v) is 3.04. The Labute approximate surface area is 84.6 Å². The van der Waals surface area contributed by atoms with Crippen molar-refractivity contribution in [3.63, 3.8) is 0 Å². The summed E-state index contributed by atoms with van der Waals surface area (Å²) in [7, 11) is 0. The van der Waals surface area contributed by atoms with Gasteiger partial charge in [-0.1, -0.05) is 20.8 Å². The van der Waals surface area contributed by atoms with Crippen molar-refractivity contribution in [3.05, 3.63) is 0 Å². The lowest BCUT2D eigenvalue weighted by atomic mass is 9.76. The smallest absolute Gasteiger partial charge is 0.324 e. The SMILES string of the molecule is CC(C)(C)[C@@H]1CCOC(=O)[C@@H](Cl)C1. The average Bonchev–Trinajstić information content (AvgIpc) is 2.13. The lowest BCUT2D eigenvalue weighted by Gasteiger charge is -2.29. The first kappa shape index (κ1) is 10.8. The van der Waals surface area contributed by atoms with Crippen LogP contribution in [0.5, 0.6) is 0 Å². The van der Waals surface area contributed by atoms with Gasteiger partial charge in [0, 0.05) is 0 Å². The number of carbonyl (C=O) groups excluding carboxylic acids is 1. The van der Waals surface area contributed by atoms with Gasteiger partial charge in [0.15, 0.2) is 0 Å². The molecule has 0 amide bonds. The standard InChI is InChI=1S/C10H17ClO2/c1-10(2,3)7-4-5-13-9(12)8(11)6-7/h7-8H,4-6H2,1-3H3/t7-,8+/m1/s1. The Balaban J connectivity index is 2.64. The molecule has 0 unspecified atom stereocenters. The van der Waals surface area contributed by atoms with Gasteiger partial charge >= 0.3 is 5.97 Å². The minimum atomic E-state index is -0.452. The lowest BCUT2D eigenvalue weighted by molar-refractivity contribution is -0.142. The van der Waals surface area contributed by atoms with Crippen LogP contribution in [0.4, 0.5) is 0 Å². The van der Waals surface area contributed by atoms with E-state index in [9.17, 15) is 4.79 Å². The van der Waals surface area contributed by atoms with Gasteiger partial charge < -0.3 is 4.74 Å². The molecule has 76 valence electrons. The van der Waals surface area contributed by atoms with E-state index in [4.69, 9.17) is 16.3 Å². The van der Waals surface area contributed by atoms with Crippen LogP contribution in [-0.2, 0) is 9.53 Å². The highest BCUT2D eigenvalue weighted by Crippen LogP contribution is 2.35. The number of alkyl halides is 1. The van der Waals surface area contributed by atoms with Crippen molar-refractivity contribution >= 4 is 17.6 Å². The number of cyclic esters (lactones) is 1. The van der Waals surface area contributed by atoms with Gasteiger partial charge in [-0.3, -0.25) is 4.79 Å². The summed E-state index contributed by atoms with van der Waals surface area (Å²) >= 11 is 5.90. The summed E-state index contributed by atoms with van der Waals surface area (Å²) < 4.78 is 4.97. The van der Waals surface area contributed by atoms with E-state index in [1.54, 1.807) is 0 Å². The molecule has 2 atom stereocenters. The average molecular weight is 205 g/mol. The maximum Gasteiger partial charge on any atom is 0.324 e. The quantitative estimate of drug-likeness (QED) is 0.448. The van der Waals surface area contributed by atoms with Crippen LogP contribution in [0.3, 0.4) is 0 Å². The summed E-state index contributed by atoms with van der Waals surface area (Å²) in [6, 6.07) is 0. The number of hydrogen-bond donors (Lipinski definition) is 0. The summed E-state index contributed by atoms with van der Waals surface area (Å²) in [5.74, 6) is 0.217. The first-order valence-electron chi connectivity index (χ1n) is 4.72. The lowest BCUT2D eigenvalue weighted by Crippen LogP contribution is -2.24. The molecule has 0 N–H and O–H groups in total. The fourth-order valence-electron chi connectivity index (χ4n) is 1.64. The topological polar surface area (TPSA) is 26.3 Å². The summed E-state index contributed by atoms with van der Waals surface area (Å²) in [5, 5.41) is -0.452. The molecular weight excluding hydrogens is 188 g/mol. The first-order valence-corrected chi connectivity index (χ1v) is 5.15. The van der Waals surface area contributed by atoms with Crippen molar-refractivity contribution in [2.75, 3.05) is 6.61 Å². The highest BCUT2D eigenvalue weighted by atomic mass is 35.5. The molecule has 0 radical (unpaired) electrons. The molecular formula is C10H17ClO2. The number of halogens is 1. The van der Waals surface area contributed by atoms with Crippen LogP contribution >= 0.6 is 11.6 Å². The molecule has 0 aliphatic carbocycles. The number of ether oxygens (including phenoxy) is 1. The third kappa shape index (κ3) is 2.87. The molecule has 0 aromatic heterocycles. The van der Waals surface area contributed by atoms with Crippen molar-refractivity contribution in [2.45, 2.75) is 39.0 Å². The van der Waals surface area contributed by atoms with E-state index in [-0.39, 0.29) is 11.4 Å². The maximum atomic E-state index is 11.1. The van der Waals surface area contributed by atoms with Crippen LogP contribution in [0.25, 0.3) is 0 Å². The molecule has 1 rings (SSSR count). The van der Waals surface area contributed by atoms with Crippen LogP contribution in [0.15, 0.2) is 0 Å². The van der Waals surface area contributed by atoms with Gasteiger partial charge in [-0.25, -0.2) is 0 Å². The second-order valence-electron chi connectivity index (χ2n) is 4.72. The van der Waals surface area contributed by atoms with Crippen molar-refractivity contribution in [3.8, 4) is 0 Å². The minimum Gasteiger partial charge on any atom is -0.465 e. The summed E-state index contributed by atoms with van der Waals surface area (Å²) in [6.45, 7) is 7.05. The second kappa shape index (κ2) is 3.87. The fraction of sp³-hybridized carbons (Fsp3) is 0.900. The Morgan fingerprint density at radius 2 is 2.08 bits per heavy atom. The van der Waals surface area contributed by atoms with Gasteiger partial charge in [-0.15, -0.1) is 11.6 Å². The van der Waals surface area contributed by atoms with Gasteiger partial charge in [0.05, 0.1) is 6.61 Å². The first-order chi connectivity index (χ1) is 5.91. The van der Waals surface area contributed by atoms with Crippen LogP contribution in [0.2, 0.25) is 0 Å². The van der Waals surface area contributed by atoms with E-state index in [2.05, 4.69) is 20.8 Å². The molecule has 1 heterocycles. The minimum absolute atomic E-state index is 0.209. The predicted molar refractivity (Wildman–Crippen MR) is 52.8 cm³/mol. The number of carbonyl (C=O) groups is 1. The molecule has 2 nitrogen and oxygen atoms in total. The van der Waals surface area contributed by atoms with E-state index in [1.165, 1.54) is 0 Å². The molecule has 1 fully saturated rings. The highest BCUT2D eigenvalue weighted by molar-refractivity contribution is 6.29. The number of esters is 1. The molecule has 0 spiro atoms. The van der Waals surface area contributed by atoms with Crippen LogP contribution in [0.1, 0.15) is 33.6 Å². The largest absolute Gasteiger partial charge is 0.465 e. The van der Waals surface area contributed by atoms with Gasteiger partial charge in [0.2, 0.25) is 0 Å². The van der Waals surface area contributed by atoms with Crippen LogP contribution in [0, 0.1) is 11.3 Å². The van der Waals surface area contributed by atoms with Crippen molar-refractivity contribution in [2.24, 2.45) is 11.3 Å². The molecule has 0 aromatic rings. The molecule has 13 heavy (non-hydrogen) atoms. The number of hydrogen-bond acceptors (Lipinski definition) is 2. The van der Waals surface area contributed by atoms with Crippen molar-refractivity contribution in [1.29, 1.82) is 0 Å². The van der Waals surface area contributed by atoms with E-state index >= 15 is 0 Å². The Morgan fingerprint density at radius 3 is 2.62 bits per heavy atom. The van der Waals surface area contributed by atoms with Crippen LogP contribution in [-0.4, -0.2) is 18.0 Å². The zero-order valence-electron chi connectivity index (χ0n) is 8.47. The second-order valence-corrected chi connectivity index (χ2v) is 5.25. The van der Waals surface area contributed by atoms with Gasteiger partial charge in [0.1, 0.15) is 5.38 Å². The van der Waals surface area contributed by atoms with E-state index in [0.29, 0.717) is 12.5 Å². The van der Waals surface area contributed by atoms with Crippen molar-refractivity contribution in [1.82, 2.24) is 0 Å². The van der Waals surface area contributed by atoms with Gasteiger partial charge in [0.25, 0.3) is 0 Å². The Bertz CT molecular complexity index is 196. The highest BCUT2D eigenvalue weighted by Gasteiger charge is 2.32. The van der Waals surface area contributed by atoms with E-state index < -0.39 is 5.38 Å².